The maximum atomic E-state index is 14.2. The summed E-state index contributed by atoms with van der Waals surface area (Å²) in [7, 11) is 1.50. The molecule has 0 radical (unpaired) electrons. The van der Waals surface area contributed by atoms with Gasteiger partial charge in [0.2, 0.25) is 0 Å². The Bertz CT molecular complexity index is 653. The highest BCUT2D eigenvalue weighted by Gasteiger charge is 2.18. The van der Waals surface area contributed by atoms with E-state index in [9.17, 15) is 9.50 Å². The van der Waals surface area contributed by atoms with Crippen molar-refractivity contribution < 1.29 is 14.2 Å². The van der Waals surface area contributed by atoms with Crippen LogP contribution in [0.25, 0.3) is 11.4 Å². The summed E-state index contributed by atoms with van der Waals surface area (Å²) in [6, 6.07) is 4.70. The van der Waals surface area contributed by atoms with Gasteiger partial charge in [-0.3, -0.25) is 0 Å². The minimum absolute atomic E-state index is 0.383. The monoisotopic (exact) mass is 319 g/mol. The Labute approximate surface area is 135 Å². The molecular weight excluding hydrogens is 297 g/mol. The average Bonchev–Trinajstić information content (AvgIpc) is 3.19. The van der Waals surface area contributed by atoms with Gasteiger partial charge in [-0.15, -0.1) is 0 Å². The Morgan fingerprint density at radius 2 is 2.09 bits per heavy atom. The van der Waals surface area contributed by atoms with E-state index < -0.39 is 6.10 Å². The van der Waals surface area contributed by atoms with Crippen molar-refractivity contribution >= 4 is 0 Å². The van der Waals surface area contributed by atoms with Gasteiger partial charge in [0.1, 0.15) is 17.4 Å². The number of aliphatic hydroxyl groups is 1. The van der Waals surface area contributed by atoms with E-state index in [0.717, 1.165) is 13.1 Å². The molecular formula is C17H22FN3O2. The van der Waals surface area contributed by atoms with E-state index in [-0.39, 0.29) is 5.82 Å². The fourth-order valence-corrected chi connectivity index (χ4v) is 3.05. The summed E-state index contributed by atoms with van der Waals surface area (Å²) in [4.78, 5) is 6.50. The molecule has 0 unspecified atom stereocenters. The summed E-state index contributed by atoms with van der Waals surface area (Å²) in [5, 5.41) is 10.3. The normalized spacial score (nSPS) is 16.7. The molecule has 1 fully saturated rings. The summed E-state index contributed by atoms with van der Waals surface area (Å²) in [6.07, 6.45) is 5.29. The topological polar surface area (TPSA) is 50.5 Å². The lowest BCUT2D eigenvalue weighted by Crippen LogP contribution is -2.32. The molecule has 2 aromatic rings. The molecule has 1 aromatic heterocycles. The molecule has 1 saturated heterocycles. The molecule has 1 aliphatic heterocycles. The number of β-amino-alcohol motifs (C(OH)–C–C–N with tert-alkyl or cyclic N) is 1. The molecule has 23 heavy (non-hydrogen) atoms. The van der Waals surface area contributed by atoms with Crippen LogP contribution in [0.4, 0.5) is 4.39 Å². The highest BCUT2D eigenvalue weighted by Crippen LogP contribution is 2.25. The molecule has 1 aromatic carbocycles. The fraction of sp³-hybridized carbons (Fsp3) is 0.471. The summed E-state index contributed by atoms with van der Waals surface area (Å²) < 4.78 is 21.1. The number of aromatic nitrogens is 2. The van der Waals surface area contributed by atoms with E-state index in [1.807, 2.05) is 0 Å². The summed E-state index contributed by atoms with van der Waals surface area (Å²) in [5.74, 6) is 0.606. The number of hydrogen-bond donors (Lipinski definition) is 1. The third-order valence-electron chi connectivity index (χ3n) is 4.21. The molecule has 3 rings (SSSR count). The number of ether oxygens (including phenoxy) is 1. The van der Waals surface area contributed by atoms with Gasteiger partial charge in [0.25, 0.3) is 0 Å². The van der Waals surface area contributed by atoms with Gasteiger partial charge in [-0.1, -0.05) is 0 Å². The predicted octanol–water partition coefficient (Wildman–Crippen LogP) is 2.15. The van der Waals surface area contributed by atoms with Crippen molar-refractivity contribution in [3.63, 3.8) is 0 Å². The molecule has 1 atom stereocenters. The fourth-order valence-electron chi connectivity index (χ4n) is 3.05. The van der Waals surface area contributed by atoms with Crippen LogP contribution in [0.15, 0.2) is 30.6 Å². The van der Waals surface area contributed by atoms with Gasteiger partial charge < -0.3 is 19.3 Å². The van der Waals surface area contributed by atoms with Crippen LogP contribution >= 0.6 is 0 Å². The molecule has 1 N–H and O–H groups in total. The van der Waals surface area contributed by atoms with Crippen molar-refractivity contribution in [1.29, 1.82) is 0 Å². The molecule has 2 heterocycles. The van der Waals surface area contributed by atoms with Crippen LogP contribution in [-0.4, -0.2) is 52.4 Å². The first-order valence-corrected chi connectivity index (χ1v) is 7.93. The Balaban J connectivity index is 1.74. The molecule has 0 amide bonds. The maximum absolute atomic E-state index is 14.2. The summed E-state index contributed by atoms with van der Waals surface area (Å²) >= 11 is 0. The highest BCUT2D eigenvalue weighted by molar-refractivity contribution is 5.58. The highest BCUT2D eigenvalue weighted by atomic mass is 19.1. The summed E-state index contributed by atoms with van der Waals surface area (Å²) in [6.45, 7) is 3.13. The van der Waals surface area contributed by atoms with Gasteiger partial charge in [0, 0.05) is 25.0 Å². The smallest absolute Gasteiger partial charge is 0.142 e. The number of rotatable bonds is 6. The number of benzene rings is 1. The van der Waals surface area contributed by atoms with E-state index in [4.69, 9.17) is 4.74 Å². The van der Waals surface area contributed by atoms with Crippen molar-refractivity contribution in [3.8, 4) is 17.1 Å². The van der Waals surface area contributed by atoms with Crippen LogP contribution in [0.2, 0.25) is 0 Å². The van der Waals surface area contributed by atoms with Crippen molar-refractivity contribution in [2.75, 3.05) is 26.7 Å². The number of imidazole rings is 1. The summed E-state index contributed by atoms with van der Waals surface area (Å²) in [5.41, 5.74) is 0.407. The van der Waals surface area contributed by atoms with Crippen molar-refractivity contribution in [2.24, 2.45) is 0 Å². The van der Waals surface area contributed by atoms with Gasteiger partial charge in [-0.2, -0.15) is 0 Å². The quantitative estimate of drug-likeness (QED) is 0.886. The van der Waals surface area contributed by atoms with E-state index in [0.29, 0.717) is 30.2 Å². The number of hydrogen-bond acceptors (Lipinski definition) is 4. The van der Waals surface area contributed by atoms with E-state index >= 15 is 0 Å². The maximum Gasteiger partial charge on any atom is 0.142 e. The first-order chi connectivity index (χ1) is 11.2. The molecule has 6 heteroatoms. The lowest BCUT2D eigenvalue weighted by molar-refractivity contribution is 0.109. The van der Waals surface area contributed by atoms with Crippen LogP contribution in [0.3, 0.4) is 0 Å². The predicted molar refractivity (Wildman–Crippen MR) is 85.9 cm³/mol. The second-order valence-electron chi connectivity index (χ2n) is 5.91. The SMILES string of the molecule is COc1ccc(-c2nccn2C[C@H](O)CN2CCCC2)c(F)c1. The number of halogens is 1. The second kappa shape index (κ2) is 7.10. The zero-order valence-electron chi connectivity index (χ0n) is 13.3. The van der Waals surface area contributed by atoms with Crippen LogP contribution in [0.1, 0.15) is 12.8 Å². The Hall–Kier alpha value is -1.92. The molecule has 1 aliphatic rings. The molecule has 0 saturated carbocycles. The van der Waals surface area contributed by atoms with Gasteiger partial charge in [-0.25, -0.2) is 9.37 Å². The van der Waals surface area contributed by atoms with Gasteiger partial charge in [0.15, 0.2) is 0 Å². The van der Waals surface area contributed by atoms with E-state index in [2.05, 4.69) is 9.88 Å². The van der Waals surface area contributed by atoms with Crippen molar-refractivity contribution in [1.82, 2.24) is 14.5 Å². The standard InChI is InChI=1S/C17H22FN3O2/c1-23-14-4-5-15(16(18)10-14)17-19-6-9-21(17)12-13(22)11-20-7-2-3-8-20/h4-6,9-10,13,22H,2-3,7-8,11-12H2,1H3/t13-/m1/s1. The Morgan fingerprint density at radius 3 is 2.78 bits per heavy atom. The van der Waals surface area contributed by atoms with Crippen LogP contribution in [0, 0.1) is 5.82 Å². The van der Waals surface area contributed by atoms with E-state index in [1.54, 1.807) is 29.1 Å². The Morgan fingerprint density at radius 1 is 1.30 bits per heavy atom. The lowest BCUT2D eigenvalue weighted by Gasteiger charge is -2.20. The zero-order valence-corrected chi connectivity index (χ0v) is 13.3. The Kier molecular flexibility index (Phi) is 4.93. The third kappa shape index (κ3) is 3.71. The van der Waals surface area contributed by atoms with Crippen LogP contribution < -0.4 is 4.74 Å². The minimum atomic E-state index is -0.498. The third-order valence-corrected chi connectivity index (χ3v) is 4.21. The molecule has 0 aliphatic carbocycles. The number of nitrogens with zero attached hydrogens (tertiary/aromatic N) is 3. The first-order valence-electron chi connectivity index (χ1n) is 7.93. The lowest BCUT2D eigenvalue weighted by atomic mass is 10.2. The van der Waals surface area contributed by atoms with Crippen molar-refractivity contribution in [2.45, 2.75) is 25.5 Å². The zero-order chi connectivity index (χ0) is 16.2. The number of aliphatic hydroxyl groups excluding tert-OH is 1. The molecule has 124 valence electrons. The van der Waals surface area contributed by atoms with Gasteiger partial charge >= 0.3 is 0 Å². The van der Waals surface area contributed by atoms with Crippen molar-refractivity contribution in [3.05, 3.63) is 36.4 Å². The average molecular weight is 319 g/mol. The van der Waals surface area contributed by atoms with Crippen LogP contribution in [-0.2, 0) is 6.54 Å². The molecule has 0 spiro atoms. The number of likely N-dealkylation sites (tertiary alicyclic amines) is 1. The number of methoxy groups -OCH3 is 1. The molecule has 0 bridgehead atoms. The van der Waals surface area contributed by atoms with E-state index in [1.165, 1.54) is 26.0 Å². The largest absolute Gasteiger partial charge is 0.497 e. The van der Waals surface area contributed by atoms with Gasteiger partial charge in [-0.05, 0) is 38.1 Å². The minimum Gasteiger partial charge on any atom is -0.497 e. The molecule has 5 nitrogen and oxygen atoms in total. The first kappa shape index (κ1) is 16.0. The van der Waals surface area contributed by atoms with Crippen LogP contribution in [0.5, 0.6) is 5.75 Å². The second-order valence-corrected chi connectivity index (χ2v) is 5.91. The van der Waals surface area contributed by atoms with Gasteiger partial charge in [0.05, 0.1) is 25.3 Å².